The summed E-state index contributed by atoms with van der Waals surface area (Å²) in [5, 5.41) is 3.53. The van der Waals surface area contributed by atoms with Gasteiger partial charge in [-0.05, 0) is 73.9 Å². The van der Waals surface area contributed by atoms with Gasteiger partial charge in [0, 0.05) is 28.5 Å². The first-order valence-electron chi connectivity index (χ1n) is 14.7. The number of rotatable bonds is 13. The molecular formula is C35H37BrClN3O4S. The van der Waals surface area contributed by atoms with Crippen LogP contribution in [-0.2, 0) is 32.6 Å². The molecule has 0 unspecified atom stereocenters. The quantitative estimate of drug-likeness (QED) is 0.160. The lowest BCUT2D eigenvalue weighted by molar-refractivity contribution is -0.140. The highest BCUT2D eigenvalue weighted by molar-refractivity contribution is 9.10. The molecule has 0 spiro atoms. The minimum Gasteiger partial charge on any atom is -0.352 e. The molecule has 4 aromatic rings. The van der Waals surface area contributed by atoms with Gasteiger partial charge >= 0.3 is 0 Å². The fourth-order valence-corrected chi connectivity index (χ4v) is 6.83. The third-order valence-corrected chi connectivity index (χ3v) is 10.0. The van der Waals surface area contributed by atoms with Crippen LogP contribution in [0.5, 0.6) is 0 Å². The number of nitrogens with zero attached hydrogens (tertiary/aromatic N) is 2. The highest BCUT2D eigenvalue weighted by Gasteiger charge is 2.35. The van der Waals surface area contributed by atoms with E-state index in [1.54, 1.807) is 54.6 Å². The molecule has 0 aliphatic rings. The number of carbonyl (C=O) groups is 2. The topological polar surface area (TPSA) is 86.8 Å². The minimum absolute atomic E-state index is 0.0434. The van der Waals surface area contributed by atoms with Crippen LogP contribution in [0.2, 0.25) is 5.02 Å². The average Bonchev–Trinajstić information content (AvgIpc) is 3.02. The molecule has 0 radical (unpaired) electrons. The molecule has 0 saturated heterocycles. The van der Waals surface area contributed by atoms with E-state index in [0.29, 0.717) is 27.2 Å². The van der Waals surface area contributed by atoms with Crippen LogP contribution in [0.15, 0.2) is 112 Å². The third kappa shape index (κ3) is 9.19. The summed E-state index contributed by atoms with van der Waals surface area (Å²) < 4.78 is 30.0. The second-order valence-electron chi connectivity index (χ2n) is 11.0. The summed E-state index contributed by atoms with van der Waals surface area (Å²) in [5.74, 6) is -0.857. The fraction of sp³-hybridized carbons (Fsp3) is 0.257. The lowest BCUT2D eigenvalue weighted by atomic mass is 10.0. The molecule has 0 saturated carbocycles. The first-order valence-corrected chi connectivity index (χ1v) is 17.3. The normalized spacial score (nSPS) is 12.6. The van der Waals surface area contributed by atoms with Crippen LogP contribution in [0.1, 0.15) is 37.0 Å². The van der Waals surface area contributed by atoms with E-state index in [-0.39, 0.29) is 29.8 Å². The number of hydrogen-bond donors (Lipinski definition) is 1. The molecule has 1 N–H and O–H groups in total. The molecular weight excluding hydrogens is 674 g/mol. The van der Waals surface area contributed by atoms with Crippen molar-refractivity contribution in [2.24, 2.45) is 0 Å². The van der Waals surface area contributed by atoms with Crippen molar-refractivity contribution in [1.82, 2.24) is 10.2 Å². The smallest absolute Gasteiger partial charge is 0.264 e. The molecule has 0 heterocycles. The molecule has 4 aromatic carbocycles. The summed E-state index contributed by atoms with van der Waals surface area (Å²) in [6.45, 7) is 5.26. The Morgan fingerprint density at radius 1 is 0.889 bits per heavy atom. The summed E-state index contributed by atoms with van der Waals surface area (Å²) >= 11 is 9.75. The minimum atomic E-state index is -4.18. The van der Waals surface area contributed by atoms with Gasteiger partial charge in [0.25, 0.3) is 10.0 Å². The van der Waals surface area contributed by atoms with E-state index in [4.69, 9.17) is 11.6 Å². The number of amides is 2. The Morgan fingerprint density at radius 3 is 2.20 bits per heavy atom. The number of carbonyl (C=O) groups excluding carboxylic acids is 2. The van der Waals surface area contributed by atoms with Gasteiger partial charge in [-0.2, -0.15) is 0 Å². The fourth-order valence-electron chi connectivity index (χ4n) is 4.82. The van der Waals surface area contributed by atoms with Gasteiger partial charge in [0.15, 0.2) is 0 Å². The van der Waals surface area contributed by atoms with Gasteiger partial charge in [-0.15, -0.1) is 0 Å². The molecule has 0 aliphatic carbocycles. The number of halogens is 2. The van der Waals surface area contributed by atoms with Gasteiger partial charge in [0.05, 0.1) is 10.6 Å². The summed E-state index contributed by atoms with van der Waals surface area (Å²) in [6.07, 6.45) is 0.939. The zero-order valence-electron chi connectivity index (χ0n) is 25.5. The maximum Gasteiger partial charge on any atom is 0.264 e. The zero-order valence-corrected chi connectivity index (χ0v) is 28.6. The Morgan fingerprint density at radius 2 is 1.56 bits per heavy atom. The highest BCUT2D eigenvalue weighted by Crippen LogP contribution is 2.28. The maximum atomic E-state index is 14.5. The SMILES string of the molecule is CC[C@@H](C)NC(=O)[C@@H](Cc1ccccc1)N(Cc1cccc(Cl)c1)C(=O)CN(c1cccc(Br)c1)S(=O)(=O)c1ccc(C)cc1. The van der Waals surface area contributed by atoms with Gasteiger partial charge in [0.2, 0.25) is 11.8 Å². The van der Waals surface area contributed by atoms with E-state index < -0.39 is 28.5 Å². The Hall–Kier alpha value is -3.66. The molecule has 0 bridgehead atoms. The lowest BCUT2D eigenvalue weighted by Gasteiger charge is -2.34. The van der Waals surface area contributed by atoms with Crippen LogP contribution in [0.3, 0.4) is 0 Å². The standard InChI is InChI=1S/C35H37BrClN3O4S/c1-4-26(3)38-35(42)33(21-27-10-6-5-7-11-27)39(23-28-12-8-14-30(37)20-28)34(41)24-40(31-15-9-13-29(36)22-31)45(43,44)32-18-16-25(2)17-19-32/h5-20,22,26,33H,4,21,23-24H2,1-3H3,(H,38,42)/t26-,33-/m1/s1. The van der Waals surface area contributed by atoms with Crippen molar-refractivity contribution in [3.8, 4) is 0 Å². The molecule has 7 nitrogen and oxygen atoms in total. The molecule has 45 heavy (non-hydrogen) atoms. The Kier molecular flexibility index (Phi) is 11.8. The van der Waals surface area contributed by atoms with E-state index >= 15 is 0 Å². The van der Waals surface area contributed by atoms with Crippen LogP contribution in [-0.4, -0.2) is 43.8 Å². The second-order valence-corrected chi connectivity index (χ2v) is 14.2. The Labute approximate surface area is 279 Å². The van der Waals surface area contributed by atoms with Gasteiger partial charge in [-0.1, -0.05) is 101 Å². The van der Waals surface area contributed by atoms with E-state index in [9.17, 15) is 18.0 Å². The molecule has 10 heteroatoms. The van der Waals surface area contributed by atoms with Crippen LogP contribution >= 0.6 is 27.5 Å². The number of hydrogen-bond acceptors (Lipinski definition) is 4. The van der Waals surface area contributed by atoms with Gasteiger partial charge in [-0.25, -0.2) is 8.42 Å². The molecule has 2 amide bonds. The van der Waals surface area contributed by atoms with Crippen molar-refractivity contribution in [3.05, 3.63) is 129 Å². The molecule has 2 atom stereocenters. The predicted octanol–water partition coefficient (Wildman–Crippen LogP) is 7.16. The van der Waals surface area contributed by atoms with Crippen molar-refractivity contribution in [2.75, 3.05) is 10.8 Å². The van der Waals surface area contributed by atoms with E-state index in [1.165, 1.54) is 17.0 Å². The van der Waals surface area contributed by atoms with Gasteiger partial charge in [0.1, 0.15) is 12.6 Å². The van der Waals surface area contributed by atoms with Crippen molar-refractivity contribution < 1.29 is 18.0 Å². The lowest BCUT2D eigenvalue weighted by Crippen LogP contribution is -2.54. The second kappa shape index (κ2) is 15.6. The summed E-state index contributed by atoms with van der Waals surface area (Å²) in [7, 11) is -4.18. The molecule has 0 aromatic heterocycles. The largest absolute Gasteiger partial charge is 0.352 e. The Balaban J connectivity index is 1.81. The number of nitrogens with one attached hydrogen (secondary N) is 1. The highest BCUT2D eigenvalue weighted by atomic mass is 79.9. The summed E-state index contributed by atoms with van der Waals surface area (Å²) in [5.41, 5.74) is 2.79. The number of anilines is 1. The zero-order chi connectivity index (χ0) is 32.6. The van der Waals surface area contributed by atoms with E-state index in [0.717, 1.165) is 15.4 Å². The van der Waals surface area contributed by atoms with Gasteiger partial charge < -0.3 is 10.2 Å². The van der Waals surface area contributed by atoms with Crippen LogP contribution in [0, 0.1) is 6.92 Å². The van der Waals surface area contributed by atoms with Crippen molar-refractivity contribution >= 4 is 55.1 Å². The first-order chi connectivity index (χ1) is 21.5. The van der Waals surface area contributed by atoms with Crippen molar-refractivity contribution in [3.63, 3.8) is 0 Å². The summed E-state index contributed by atoms with van der Waals surface area (Å²) in [6, 6.07) is 28.8. The van der Waals surface area contributed by atoms with E-state index in [2.05, 4.69) is 21.2 Å². The first kappa shape index (κ1) is 34.2. The molecule has 0 aliphatic heterocycles. The van der Waals surface area contributed by atoms with Crippen molar-refractivity contribution in [1.29, 1.82) is 0 Å². The average molecular weight is 711 g/mol. The van der Waals surface area contributed by atoms with Crippen LogP contribution < -0.4 is 9.62 Å². The third-order valence-electron chi connectivity index (χ3n) is 7.50. The molecule has 0 fully saturated rings. The van der Waals surface area contributed by atoms with E-state index in [1.807, 2.05) is 57.2 Å². The number of sulfonamides is 1. The molecule has 4 rings (SSSR count). The van der Waals surface area contributed by atoms with Crippen LogP contribution in [0.25, 0.3) is 0 Å². The van der Waals surface area contributed by atoms with Gasteiger partial charge in [-0.3, -0.25) is 13.9 Å². The number of aryl methyl sites for hydroxylation is 1. The Bertz CT molecular complexity index is 1720. The maximum absolute atomic E-state index is 14.5. The monoisotopic (exact) mass is 709 g/mol. The predicted molar refractivity (Wildman–Crippen MR) is 184 cm³/mol. The summed E-state index contributed by atoms with van der Waals surface area (Å²) in [4.78, 5) is 29.9. The van der Waals surface area contributed by atoms with Crippen LogP contribution in [0.4, 0.5) is 5.69 Å². The number of benzene rings is 4. The molecule has 236 valence electrons. The van der Waals surface area contributed by atoms with Crippen molar-refractivity contribution in [2.45, 2.75) is 57.1 Å².